The van der Waals surface area contributed by atoms with Crippen molar-refractivity contribution in [2.24, 2.45) is 0 Å². The van der Waals surface area contributed by atoms with Gasteiger partial charge in [0.25, 0.3) is 0 Å². The minimum atomic E-state index is -0.367. The number of methoxy groups -OCH3 is 1. The van der Waals surface area contributed by atoms with Gasteiger partial charge in [-0.25, -0.2) is 4.39 Å². The molecule has 2 aromatic carbocycles. The van der Waals surface area contributed by atoms with Crippen LogP contribution in [0.15, 0.2) is 30.3 Å². The third-order valence-electron chi connectivity index (χ3n) is 3.01. The molecule has 0 aromatic heterocycles. The zero-order chi connectivity index (χ0) is 13.8. The average molecular weight is 316 g/mol. The molecule has 0 heterocycles. The lowest BCUT2D eigenvalue weighted by atomic mass is 10.0. The molecule has 3 N–H and O–H groups in total. The van der Waals surface area contributed by atoms with Crippen molar-refractivity contribution in [2.45, 2.75) is 13.3 Å². The van der Waals surface area contributed by atoms with Crippen LogP contribution < -0.4 is 10.1 Å². The SMILES string of the molecule is COc1cc2c(CCNC(C)=O)cccc2cc1F.Cl.O. The minimum Gasteiger partial charge on any atom is -0.494 e. The van der Waals surface area contributed by atoms with Crippen molar-refractivity contribution in [3.05, 3.63) is 41.7 Å². The Morgan fingerprint density at radius 3 is 2.67 bits per heavy atom. The van der Waals surface area contributed by atoms with Crippen LogP contribution in [0.5, 0.6) is 5.75 Å². The van der Waals surface area contributed by atoms with Crippen molar-refractivity contribution in [1.29, 1.82) is 0 Å². The van der Waals surface area contributed by atoms with Gasteiger partial charge in [-0.3, -0.25) is 4.79 Å². The fourth-order valence-electron chi connectivity index (χ4n) is 2.09. The van der Waals surface area contributed by atoms with Gasteiger partial charge in [-0.05, 0) is 34.9 Å². The third kappa shape index (κ3) is 4.58. The van der Waals surface area contributed by atoms with Gasteiger partial charge in [-0.1, -0.05) is 18.2 Å². The van der Waals surface area contributed by atoms with Gasteiger partial charge in [0.15, 0.2) is 11.6 Å². The van der Waals surface area contributed by atoms with Crippen LogP contribution in [-0.2, 0) is 11.2 Å². The van der Waals surface area contributed by atoms with Crippen LogP contribution in [0, 0.1) is 5.82 Å². The van der Waals surface area contributed by atoms with E-state index in [1.165, 1.54) is 20.1 Å². The second-order valence-corrected chi connectivity index (χ2v) is 4.36. The van der Waals surface area contributed by atoms with Crippen LogP contribution >= 0.6 is 12.4 Å². The molecule has 0 aliphatic carbocycles. The number of halogens is 2. The lowest BCUT2D eigenvalue weighted by Crippen LogP contribution is -2.22. The van der Waals surface area contributed by atoms with E-state index in [4.69, 9.17) is 4.74 Å². The van der Waals surface area contributed by atoms with Crippen molar-refractivity contribution < 1.29 is 19.4 Å². The summed E-state index contributed by atoms with van der Waals surface area (Å²) in [5.74, 6) is -0.183. The molecule has 116 valence electrons. The number of benzene rings is 2. The zero-order valence-electron chi connectivity index (χ0n) is 11.9. The molecule has 2 aromatic rings. The number of carbonyl (C=O) groups excluding carboxylic acids is 1. The van der Waals surface area contributed by atoms with Crippen LogP contribution in [0.2, 0.25) is 0 Å². The smallest absolute Gasteiger partial charge is 0.216 e. The fraction of sp³-hybridized carbons (Fsp3) is 0.267. The number of rotatable bonds is 4. The summed E-state index contributed by atoms with van der Waals surface area (Å²) in [5, 5.41) is 4.54. The van der Waals surface area contributed by atoms with E-state index in [2.05, 4.69) is 5.32 Å². The summed E-state index contributed by atoms with van der Waals surface area (Å²) >= 11 is 0. The largest absolute Gasteiger partial charge is 0.494 e. The molecule has 0 bridgehead atoms. The Morgan fingerprint density at radius 1 is 1.33 bits per heavy atom. The maximum Gasteiger partial charge on any atom is 0.216 e. The molecule has 0 saturated carbocycles. The lowest BCUT2D eigenvalue weighted by Gasteiger charge is -2.09. The highest BCUT2D eigenvalue weighted by atomic mass is 35.5. The van der Waals surface area contributed by atoms with Crippen molar-refractivity contribution in [2.75, 3.05) is 13.7 Å². The normalized spacial score (nSPS) is 9.48. The molecule has 0 aliphatic rings. The van der Waals surface area contributed by atoms with Gasteiger partial charge in [-0.15, -0.1) is 12.4 Å². The molecule has 1 amide bonds. The molecule has 4 nitrogen and oxygen atoms in total. The topological polar surface area (TPSA) is 69.8 Å². The molecule has 0 radical (unpaired) electrons. The molecule has 0 fully saturated rings. The zero-order valence-corrected chi connectivity index (χ0v) is 12.7. The Hall–Kier alpha value is -1.85. The predicted molar refractivity (Wildman–Crippen MR) is 83.7 cm³/mol. The standard InChI is InChI=1S/C15H16FNO2.ClH.H2O/c1-10(18)17-7-6-11-4-3-5-12-8-14(16)15(19-2)9-13(11)12;;/h3-5,8-9H,6-7H2,1-2H3,(H,17,18);1H;1H2. The first-order valence-electron chi connectivity index (χ1n) is 6.11. The molecule has 0 aliphatic heterocycles. The van der Waals surface area contributed by atoms with Crippen molar-refractivity contribution in [3.63, 3.8) is 0 Å². The Morgan fingerprint density at radius 2 is 2.05 bits per heavy atom. The number of ether oxygens (including phenoxy) is 1. The van der Waals surface area contributed by atoms with Gasteiger partial charge >= 0.3 is 0 Å². The van der Waals surface area contributed by atoms with E-state index in [0.29, 0.717) is 13.0 Å². The van der Waals surface area contributed by atoms with Crippen molar-refractivity contribution in [3.8, 4) is 5.75 Å². The minimum absolute atomic E-state index is 0. The summed E-state index contributed by atoms with van der Waals surface area (Å²) in [6, 6.07) is 8.89. The van der Waals surface area contributed by atoms with Crippen LogP contribution in [-0.4, -0.2) is 25.0 Å². The summed E-state index contributed by atoms with van der Waals surface area (Å²) in [4.78, 5) is 10.9. The number of hydrogen-bond donors (Lipinski definition) is 1. The first-order chi connectivity index (χ1) is 9.11. The molecule has 0 atom stereocenters. The number of carbonyl (C=O) groups is 1. The van der Waals surface area contributed by atoms with E-state index in [1.807, 2.05) is 18.2 Å². The van der Waals surface area contributed by atoms with Gasteiger partial charge in [0.05, 0.1) is 7.11 Å². The highest BCUT2D eigenvalue weighted by Crippen LogP contribution is 2.27. The molecule has 0 saturated heterocycles. The molecule has 0 spiro atoms. The Bertz CT molecular complexity index is 619. The van der Waals surface area contributed by atoms with Gasteiger partial charge < -0.3 is 15.5 Å². The van der Waals surface area contributed by atoms with Crippen molar-refractivity contribution in [1.82, 2.24) is 5.32 Å². The predicted octanol–water partition coefficient (Wildman–Crippen LogP) is 2.26. The highest BCUT2D eigenvalue weighted by molar-refractivity contribution is 5.87. The summed E-state index contributed by atoms with van der Waals surface area (Å²) in [5.41, 5.74) is 1.06. The molecule has 0 unspecified atom stereocenters. The molecule has 2 rings (SSSR count). The lowest BCUT2D eigenvalue weighted by molar-refractivity contribution is -0.118. The molecule has 6 heteroatoms. The Balaban J connectivity index is 0.00000200. The van der Waals surface area contributed by atoms with E-state index in [0.717, 1.165) is 16.3 Å². The van der Waals surface area contributed by atoms with Crippen LogP contribution in [0.25, 0.3) is 10.8 Å². The Kier molecular flexibility index (Phi) is 7.70. The van der Waals surface area contributed by atoms with Gasteiger partial charge in [0, 0.05) is 13.5 Å². The summed E-state index contributed by atoms with van der Waals surface area (Å²) < 4.78 is 18.6. The maximum atomic E-state index is 13.6. The van der Waals surface area contributed by atoms with E-state index in [1.54, 1.807) is 6.07 Å². The van der Waals surface area contributed by atoms with Crippen LogP contribution in [0.3, 0.4) is 0 Å². The second-order valence-electron chi connectivity index (χ2n) is 4.36. The third-order valence-corrected chi connectivity index (χ3v) is 3.01. The summed E-state index contributed by atoms with van der Waals surface area (Å²) in [7, 11) is 1.45. The molecule has 21 heavy (non-hydrogen) atoms. The number of amides is 1. The van der Waals surface area contributed by atoms with E-state index >= 15 is 0 Å². The monoisotopic (exact) mass is 315 g/mol. The molecular weight excluding hydrogens is 297 g/mol. The first kappa shape index (κ1) is 19.1. The van der Waals surface area contributed by atoms with Crippen LogP contribution in [0.4, 0.5) is 4.39 Å². The average Bonchev–Trinajstić information content (AvgIpc) is 2.37. The van der Waals surface area contributed by atoms with Gasteiger partial charge in [0.2, 0.25) is 5.91 Å². The number of nitrogens with one attached hydrogen (secondary N) is 1. The van der Waals surface area contributed by atoms with E-state index < -0.39 is 0 Å². The summed E-state index contributed by atoms with van der Waals surface area (Å²) in [6.07, 6.45) is 0.700. The number of hydrogen-bond acceptors (Lipinski definition) is 2. The quantitative estimate of drug-likeness (QED) is 0.940. The van der Waals surface area contributed by atoms with Crippen molar-refractivity contribution >= 4 is 29.1 Å². The number of fused-ring (bicyclic) bond motifs is 1. The summed E-state index contributed by atoms with van der Waals surface area (Å²) in [6.45, 7) is 2.05. The van der Waals surface area contributed by atoms with E-state index in [-0.39, 0.29) is 35.4 Å². The Labute approximate surface area is 129 Å². The fourth-order valence-corrected chi connectivity index (χ4v) is 2.09. The second kappa shape index (κ2) is 8.44. The first-order valence-corrected chi connectivity index (χ1v) is 6.11. The maximum absolute atomic E-state index is 13.6. The van der Waals surface area contributed by atoms with Crippen LogP contribution in [0.1, 0.15) is 12.5 Å². The molecular formula is C15H19ClFNO3. The highest BCUT2D eigenvalue weighted by Gasteiger charge is 2.08. The van der Waals surface area contributed by atoms with E-state index in [9.17, 15) is 9.18 Å². The van der Waals surface area contributed by atoms with Gasteiger partial charge in [-0.2, -0.15) is 0 Å². The van der Waals surface area contributed by atoms with Gasteiger partial charge in [0.1, 0.15) is 0 Å².